The van der Waals surface area contributed by atoms with Gasteiger partial charge in [0.1, 0.15) is 11.5 Å². The molecule has 2 aromatic rings. The van der Waals surface area contributed by atoms with Crippen molar-refractivity contribution < 1.29 is 4.74 Å². The summed E-state index contributed by atoms with van der Waals surface area (Å²) in [6.45, 7) is 9.46. The minimum absolute atomic E-state index is 0.0917. The molecule has 2 heteroatoms. The molecule has 0 aromatic heterocycles. The minimum atomic E-state index is 0.0917. The monoisotopic (exact) mass is 283 g/mol. The van der Waals surface area contributed by atoms with Crippen LogP contribution in [0.2, 0.25) is 0 Å². The van der Waals surface area contributed by atoms with Crippen LogP contribution in [0.4, 0.5) is 0 Å². The first kappa shape index (κ1) is 15.6. The Balaban J connectivity index is 2.20. The van der Waals surface area contributed by atoms with E-state index in [-0.39, 0.29) is 5.54 Å². The topological polar surface area (TPSA) is 21.3 Å². The van der Waals surface area contributed by atoms with Crippen molar-refractivity contribution in [3.05, 3.63) is 59.7 Å². The van der Waals surface area contributed by atoms with Gasteiger partial charge in [-0.15, -0.1) is 0 Å². The number of hydrogen-bond donors (Lipinski definition) is 1. The van der Waals surface area contributed by atoms with Crippen molar-refractivity contribution >= 4 is 0 Å². The number of hydrogen-bond acceptors (Lipinski definition) is 2. The molecule has 2 nitrogen and oxygen atoms in total. The number of benzene rings is 2. The van der Waals surface area contributed by atoms with Crippen molar-refractivity contribution in [3.63, 3.8) is 0 Å². The summed E-state index contributed by atoms with van der Waals surface area (Å²) in [5.41, 5.74) is 2.50. The fourth-order valence-electron chi connectivity index (χ4n) is 2.12. The summed E-state index contributed by atoms with van der Waals surface area (Å²) in [7, 11) is 0. The second kappa shape index (κ2) is 6.77. The van der Waals surface area contributed by atoms with E-state index < -0.39 is 0 Å². The van der Waals surface area contributed by atoms with E-state index in [1.807, 2.05) is 24.3 Å². The zero-order valence-corrected chi connectivity index (χ0v) is 13.4. The molecular weight excluding hydrogens is 258 g/mol. The fraction of sp³-hybridized carbons (Fsp3) is 0.368. The Morgan fingerprint density at radius 1 is 0.857 bits per heavy atom. The largest absolute Gasteiger partial charge is 0.457 e. The highest BCUT2D eigenvalue weighted by Crippen LogP contribution is 2.28. The number of ether oxygens (including phenoxy) is 1. The van der Waals surface area contributed by atoms with Gasteiger partial charge in [0.15, 0.2) is 0 Å². The molecule has 0 saturated heterocycles. The molecule has 0 atom stereocenters. The summed E-state index contributed by atoms with van der Waals surface area (Å²) in [4.78, 5) is 0. The minimum Gasteiger partial charge on any atom is -0.457 e. The van der Waals surface area contributed by atoms with Crippen molar-refractivity contribution in [2.24, 2.45) is 0 Å². The van der Waals surface area contributed by atoms with Gasteiger partial charge in [0.05, 0.1) is 0 Å². The third-order valence-corrected chi connectivity index (χ3v) is 3.36. The van der Waals surface area contributed by atoms with Crippen molar-refractivity contribution in [2.75, 3.05) is 0 Å². The van der Waals surface area contributed by atoms with Gasteiger partial charge in [0.25, 0.3) is 0 Å². The lowest BCUT2D eigenvalue weighted by Gasteiger charge is -2.22. The molecule has 112 valence electrons. The van der Waals surface area contributed by atoms with Crippen LogP contribution >= 0.6 is 0 Å². The molecule has 0 bridgehead atoms. The summed E-state index contributed by atoms with van der Waals surface area (Å²) in [6.07, 6.45) is 0.971. The van der Waals surface area contributed by atoms with Crippen LogP contribution in [0.3, 0.4) is 0 Å². The van der Waals surface area contributed by atoms with Crippen LogP contribution in [-0.2, 0) is 13.0 Å². The number of para-hydroxylation sites is 2. The molecule has 0 heterocycles. The Hall–Kier alpha value is -1.80. The summed E-state index contributed by atoms with van der Waals surface area (Å²) in [5, 5.41) is 3.51. The van der Waals surface area contributed by atoms with E-state index in [1.165, 1.54) is 11.1 Å². The number of nitrogens with one attached hydrogen (secondary N) is 1. The predicted molar refractivity (Wildman–Crippen MR) is 88.9 cm³/mol. The Kier molecular flexibility index (Phi) is 5.03. The van der Waals surface area contributed by atoms with E-state index in [2.05, 4.69) is 57.3 Å². The lowest BCUT2D eigenvalue weighted by Crippen LogP contribution is -2.35. The smallest absolute Gasteiger partial charge is 0.131 e. The van der Waals surface area contributed by atoms with Crippen LogP contribution in [0, 0.1) is 0 Å². The zero-order chi connectivity index (χ0) is 15.3. The second-order valence-corrected chi connectivity index (χ2v) is 6.27. The maximum absolute atomic E-state index is 6.16. The molecule has 0 fully saturated rings. The summed E-state index contributed by atoms with van der Waals surface area (Å²) < 4.78 is 6.16. The molecule has 21 heavy (non-hydrogen) atoms. The highest BCUT2D eigenvalue weighted by molar-refractivity contribution is 5.41. The van der Waals surface area contributed by atoms with Gasteiger partial charge in [0.2, 0.25) is 0 Å². The first-order chi connectivity index (χ1) is 9.99. The van der Waals surface area contributed by atoms with Gasteiger partial charge in [-0.25, -0.2) is 0 Å². The molecular formula is C19H25NO. The maximum Gasteiger partial charge on any atom is 0.131 e. The van der Waals surface area contributed by atoms with E-state index in [9.17, 15) is 0 Å². The first-order valence-corrected chi connectivity index (χ1v) is 7.58. The van der Waals surface area contributed by atoms with Crippen LogP contribution < -0.4 is 10.1 Å². The lowest BCUT2D eigenvalue weighted by molar-refractivity contribution is 0.413. The van der Waals surface area contributed by atoms with Crippen molar-refractivity contribution in [3.8, 4) is 11.5 Å². The Morgan fingerprint density at radius 3 is 1.95 bits per heavy atom. The highest BCUT2D eigenvalue weighted by atomic mass is 16.5. The van der Waals surface area contributed by atoms with Crippen molar-refractivity contribution in [2.45, 2.75) is 46.2 Å². The molecule has 0 spiro atoms. The van der Waals surface area contributed by atoms with Gasteiger partial charge in [-0.1, -0.05) is 43.3 Å². The Bertz CT molecular complexity index is 584. The van der Waals surface area contributed by atoms with Gasteiger partial charge in [-0.3, -0.25) is 0 Å². The summed E-state index contributed by atoms with van der Waals surface area (Å²) in [5.74, 6) is 1.87. The van der Waals surface area contributed by atoms with E-state index in [0.717, 1.165) is 24.5 Å². The van der Waals surface area contributed by atoms with Gasteiger partial charge in [0, 0.05) is 17.6 Å². The van der Waals surface area contributed by atoms with Crippen LogP contribution in [0.1, 0.15) is 38.8 Å². The highest BCUT2D eigenvalue weighted by Gasteiger charge is 2.11. The van der Waals surface area contributed by atoms with Gasteiger partial charge in [-0.05, 0) is 44.9 Å². The molecule has 1 N–H and O–H groups in total. The summed E-state index contributed by atoms with van der Waals surface area (Å²) in [6, 6.07) is 16.4. The Labute approximate surface area is 128 Å². The van der Waals surface area contributed by atoms with E-state index in [1.54, 1.807) is 0 Å². The molecule has 0 aliphatic heterocycles. The standard InChI is InChI=1S/C19H25NO/c1-5-15-10-6-8-12-17(15)21-18-13-9-7-11-16(18)14-20-19(2,3)4/h6-13,20H,5,14H2,1-4H3. The molecule has 2 rings (SSSR count). The quantitative estimate of drug-likeness (QED) is 0.840. The first-order valence-electron chi connectivity index (χ1n) is 7.58. The summed E-state index contributed by atoms with van der Waals surface area (Å²) >= 11 is 0. The van der Waals surface area contributed by atoms with Crippen LogP contribution in [-0.4, -0.2) is 5.54 Å². The normalized spacial score (nSPS) is 11.4. The molecule has 0 amide bonds. The van der Waals surface area contributed by atoms with Crippen molar-refractivity contribution in [1.29, 1.82) is 0 Å². The van der Waals surface area contributed by atoms with E-state index in [0.29, 0.717) is 0 Å². The molecule has 0 radical (unpaired) electrons. The van der Waals surface area contributed by atoms with Crippen molar-refractivity contribution in [1.82, 2.24) is 5.32 Å². The Morgan fingerprint density at radius 2 is 1.38 bits per heavy atom. The van der Waals surface area contributed by atoms with Gasteiger partial charge in [-0.2, -0.15) is 0 Å². The average Bonchev–Trinajstić information content (AvgIpc) is 2.46. The second-order valence-electron chi connectivity index (χ2n) is 6.27. The zero-order valence-electron chi connectivity index (χ0n) is 13.4. The SMILES string of the molecule is CCc1ccccc1Oc1ccccc1CNC(C)(C)C. The molecule has 0 aliphatic carbocycles. The van der Waals surface area contributed by atoms with Gasteiger partial charge >= 0.3 is 0 Å². The third-order valence-electron chi connectivity index (χ3n) is 3.36. The maximum atomic E-state index is 6.16. The van der Waals surface area contributed by atoms with Crippen LogP contribution in [0.5, 0.6) is 11.5 Å². The van der Waals surface area contributed by atoms with Gasteiger partial charge < -0.3 is 10.1 Å². The van der Waals surface area contributed by atoms with E-state index in [4.69, 9.17) is 4.74 Å². The number of rotatable bonds is 5. The number of aryl methyl sites for hydroxylation is 1. The third kappa shape index (κ3) is 4.61. The average molecular weight is 283 g/mol. The van der Waals surface area contributed by atoms with Crippen LogP contribution in [0.25, 0.3) is 0 Å². The van der Waals surface area contributed by atoms with E-state index >= 15 is 0 Å². The molecule has 0 unspecified atom stereocenters. The molecule has 0 aliphatic rings. The molecule has 0 saturated carbocycles. The molecule has 2 aromatic carbocycles. The lowest BCUT2D eigenvalue weighted by atomic mass is 10.1. The van der Waals surface area contributed by atoms with Crippen LogP contribution in [0.15, 0.2) is 48.5 Å². The predicted octanol–water partition coefficient (Wildman–Crippen LogP) is 4.93. The fourth-order valence-corrected chi connectivity index (χ4v) is 2.12.